The number of benzene rings is 5. The van der Waals surface area contributed by atoms with E-state index in [-0.39, 0.29) is 51.8 Å². The SMILES string of the molecule is O=S(=O)(c1ccc(O)cc1)c1ccc(OCCOCCOc2ccc(S(=O)(=O)c3ccc(OCc4ccccc4)cc3)cc2)cc1. The quantitative estimate of drug-likeness (QED) is 0.132. The van der Waals surface area contributed by atoms with Gasteiger partial charge in [-0.15, -0.1) is 0 Å². The highest BCUT2D eigenvalue weighted by Crippen LogP contribution is 2.26. The van der Waals surface area contributed by atoms with Crippen LogP contribution in [0, 0.1) is 0 Å². The second kappa shape index (κ2) is 15.0. The molecule has 0 spiro atoms. The highest BCUT2D eigenvalue weighted by molar-refractivity contribution is 7.91. The first-order valence-electron chi connectivity index (χ1n) is 14.3. The molecule has 0 aromatic heterocycles. The van der Waals surface area contributed by atoms with Crippen molar-refractivity contribution < 1.29 is 40.9 Å². The Labute approximate surface area is 268 Å². The van der Waals surface area contributed by atoms with Gasteiger partial charge in [-0.25, -0.2) is 16.8 Å². The third-order valence-corrected chi connectivity index (χ3v) is 10.4. The van der Waals surface area contributed by atoms with Crippen molar-refractivity contribution in [1.82, 2.24) is 0 Å². The van der Waals surface area contributed by atoms with Gasteiger partial charge in [0.25, 0.3) is 0 Å². The van der Waals surface area contributed by atoms with E-state index in [0.717, 1.165) is 5.56 Å². The first-order valence-corrected chi connectivity index (χ1v) is 17.3. The van der Waals surface area contributed by atoms with Crippen LogP contribution in [0.3, 0.4) is 0 Å². The minimum atomic E-state index is -3.71. The van der Waals surface area contributed by atoms with Crippen LogP contribution in [0.1, 0.15) is 5.56 Å². The molecule has 0 aliphatic heterocycles. The first kappa shape index (κ1) is 32.6. The van der Waals surface area contributed by atoms with Gasteiger partial charge in [0.05, 0.1) is 32.8 Å². The van der Waals surface area contributed by atoms with E-state index in [1.807, 2.05) is 30.3 Å². The molecule has 0 saturated carbocycles. The molecule has 0 atom stereocenters. The third kappa shape index (κ3) is 8.45. The Kier molecular flexibility index (Phi) is 10.6. The summed E-state index contributed by atoms with van der Waals surface area (Å²) in [6.07, 6.45) is 0. The standard InChI is InChI=1S/C35H32O9S2/c36-28-6-14-32(15-7-28)45(37,38)33-16-8-29(9-17-33)42-24-22-41-23-25-43-30-10-18-34(19-11-30)46(39,40)35-20-12-31(13-21-35)44-26-27-4-2-1-3-5-27/h1-21,36H,22-26H2. The summed E-state index contributed by atoms with van der Waals surface area (Å²) in [6.45, 7) is 1.45. The minimum Gasteiger partial charge on any atom is -0.508 e. The molecule has 0 fully saturated rings. The van der Waals surface area contributed by atoms with Crippen molar-refractivity contribution in [1.29, 1.82) is 0 Å². The van der Waals surface area contributed by atoms with Crippen LogP contribution in [0.4, 0.5) is 0 Å². The van der Waals surface area contributed by atoms with E-state index < -0.39 is 19.7 Å². The van der Waals surface area contributed by atoms with Crippen LogP contribution in [0.2, 0.25) is 0 Å². The van der Waals surface area contributed by atoms with Gasteiger partial charge in [0.2, 0.25) is 19.7 Å². The van der Waals surface area contributed by atoms with E-state index in [9.17, 15) is 21.9 Å². The van der Waals surface area contributed by atoms with Crippen LogP contribution in [0.15, 0.2) is 147 Å². The molecule has 9 nitrogen and oxygen atoms in total. The smallest absolute Gasteiger partial charge is 0.206 e. The molecule has 5 aromatic carbocycles. The molecule has 0 saturated heterocycles. The van der Waals surface area contributed by atoms with E-state index in [4.69, 9.17) is 18.9 Å². The zero-order chi connectivity index (χ0) is 32.4. The Morgan fingerprint density at radius 1 is 0.435 bits per heavy atom. The largest absolute Gasteiger partial charge is 0.508 e. The van der Waals surface area contributed by atoms with Crippen molar-refractivity contribution in [2.75, 3.05) is 26.4 Å². The lowest BCUT2D eigenvalue weighted by Crippen LogP contribution is -2.12. The molecular formula is C35H32O9S2. The molecule has 0 unspecified atom stereocenters. The van der Waals surface area contributed by atoms with Crippen molar-refractivity contribution in [3.63, 3.8) is 0 Å². The Hall–Kier alpha value is -4.84. The van der Waals surface area contributed by atoms with Gasteiger partial charge in [-0.3, -0.25) is 0 Å². The summed E-state index contributed by atoms with van der Waals surface area (Å²) in [6, 6.07) is 33.6. The topological polar surface area (TPSA) is 125 Å². The Bertz CT molecular complexity index is 1910. The maximum Gasteiger partial charge on any atom is 0.206 e. The van der Waals surface area contributed by atoms with Crippen LogP contribution < -0.4 is 14.2 Å². The van der Waals surface area contributed by atoms with Crippen molar-refractivity contribution in [2.45, 2.75) is 26.2 Å². The van der Waals surface area contributed by atoms with Crippen LogP contribution in [-0.2, 0) is 31.0 Å². The molecular weight excluding hydrogens is 629 g/mol. The van der Waals surface area contributed by atoms with Gasteiger partial charge in [-0.2, -0.15) is 0 Å². The number of hydrogen-bond acceptors (Lipinski definition) is 9. The molecule has 5 rings (SSSR count). The normalized spacial score (nSPS) is 11.6. The molecule has 1 N–H and O–H groups in total. The highest BCUT2D eigenvalue weighted by Gasteiger charge is 2.19. The summed E-state index contributed by atoms with van der Waals surface area (Å²) in [5.74, 6) is 1.57. The molecule has 0 aliphatic carbocycles. The number of sulfone groups is 2. The maximum atomic E-state index is 13.1. The van der Waals surface area contributed by atoms with Crippen LogP contribution >= 0.6 is 0 Å². The van der Waals surface area contributed by atoms with Crippen molar-refractivity contribution in [3.05, 3.63) is 133 Å². The van der Waals surface area contributed by atoms with Crippen molar-refractivity contribution in [2.24, 2.45) is 0 Å². The second-order valence-corrected chi connectivity index (χ2v) is 13.9. The molecule has 0 bridgehead atoms. The predicted octanol–water partition coefficient (Wildman–Crippen LogP) is 6.11. The first-order chi connectivity index (χ1) is 22.2. The van der Waals surface area contributed by atoms with Crippen LogP contribution in [0.5, 0.6) is 23.0 Å². The zero-order valence-electron chi connectivity index (χ0n) is 24.7. The average Bonchev–Trinajstić information content (AvgIpc) is 3.08. The molecule has 238 valence electrons. The summed E-state index contributed by atoms with van der Waals surface area (Å²) in [5.41, 5.74) is 1.02. The second-order valence-electron chi connectivity index (χ2n) is 10.00. The van der Waals surface area contributed by atoms with Crippen LogP contribution in [-0.4, -0.2) is 48.4 Å². The van der Waals surface area contributed by atoms with E-state index in [2.05, 4.69) is 0 Å². The number of phenols is 1. The van der Waals surface area contributed by atoms with E-state index in [1.165, 1.54) is 60.7 Å². The van der Waals surface area contributed by atoms with Gasteiger partial charge < -0.3 is 24.1 Å². The fourth-order valence-electron chi connectivity index (χ4n) is 4.32. The molecule has 11 heteroatoms. The number of aromatic hydroxyl groups is 1. The molecule has 5 aromatic rings. The van der Waals surface area contributed by atoms with Gasteiger partial charge in [-0.05, 0) is 103 Å². The number of ether oxygens (including phenoxy) is 4. The fourth-order valence-corrected chi connectivity index (χ4v) is 6.84. The third-order valence-electron chi connectivity index (χ3n) is 6.79. The van der Waals surface area contributed by atoms with Crippen LogP contribution in [0.25, 0.3) is 0 Å². The van der Waals surface area contributed by atoms with Crippen molar-refractivity contribution >= 4 is 19.7 Å². The fraction of sp³-hybridized carbons (Fsp3) is 0.143. The molecule has 0 aliphatic rings. The summed E-state index contributed by atoms with van der Waals surface area (Å²) >= 11 is 0. The van der Waals surface area contributed by atoms with Gasteiger partial charge in [0.1, 0.15) is 42.8 Å². The van der Waals surface area contributed by atoms with E-state index >= 15 is 0 Å². The van der Waals surface area contributed by atoms with E-state index in [0.29, 0.717) is 23.9 Å². The van der Waals surface area contributed by atoms with Gasteiger partial charge in [0, 0.05) is 0 Å². The van der Waals surface area contributed by atoms with Gasteiger partial charge in [-0.1, -0.05) is 30.3 Å². The van der Waals surface area contributed by atoms with Gasteiger partial charge in [0.15, 0.2) is 0 Å². The summed E-state index contributed by atoms with van der Waals surface area (Å²) in [5, 5.41) is 9.39. The monoisotopic (exact) mass is 660 g/mol. The molecule has 0 amide bonds. The molecule has 0 heterocycles. The van der Waals surface area contributed by atoms with Crippen molar-refractivity contribution in [3.8, 4) is 23.0 Å². The lowest BCUT2D eigenvalue weighted by molar-refractivity contribution is 0.0764. The Morgan fingerprint density at radius 3 is 1.22 bits per heavy atom. The van der Waals surface area contributed by atoms with Gasteiger partial charge >= 0.3 is 0 Å². The highest BCUT2D eigenvalue weighted by atomic mass is 32.2. The Balaban J connectivity index is 1.01. The minimum absolute atomic E-state index is 0.0110. The summed E-state index contributed by atoms with van der Waals surface area (Å²) in [4.78, 5) is 0.516. The lowest BCUT2D eigenvalue weighted by Gasteiger charge is -2.10. The zero-order valence-corrected chi connectivity index (χ0v) is 26.3. The number of hydrogen-bond donors (Lipinski definition) is 1. The van der Waals surface area contributed by atoms with E-state index in [1.54, 1.807) is 36.4 Å². The molecule has 0 radical (unpaired) electrons. The number of phenolic OH excluding ortho intramolecular Hbond substituents is 1. The summed E-state index contributed by atoms with van der Waals surface area (Å²) in [7, 11) is -7.41. The predicted molar refractivity (Wildman–Crippen MR) is 171 cm³/mol. The summed E-state index contributed by atoms with van der Waals surface area (Å²) < 4.78 is 74.2. The average molecular weight is 661 g/mol. The Morgan fingerprint density at radius 2 is 0.804 bits per heavy atom. The maximum absolute atomic E-state index is 13.1. The lowest BCUT2D eigenvalue weighted by atomic mass is 10.2. The molecule has 46 heavy (non-hydrogen) atoms. The number of rotatable bonds is 15.